The van der Waals surface area contributed by atoms with Crippen molar-refractivity contribution < 1.29 is 18.9 Å². The van der Waals surface area contributed by atoms with Crippen LogP contribution in [0, 0.1) is 6.92 Å². The van der Waals surface area contributed by atoms with Gasteiger partial charge in [0.15, 0.2) is 14.1 Å². The van der Waals surface area contributed by atoms with Gasteiger partial charge in [-0.1, -0.05) is 38.1 Å². The highest BCUT2D eigenvalue weighted by Gasteiger charge is 2.41. The molecule has 0 spiro atoms. The van der Waals surface area contributed by atoms with E-state index >= 15 is 0 Å². The summed E-state index contributed by atoms with van der Waals surface area (Å²) in [4.78, 5) is 19.8. The number of likely N-dealkylation sites (tertiary alicyclic amines) is 1. The topological polar surface area (TPSA) is 91.9 Å². The summed E-state index contributed by atoms with van der Waals surface area (Å²) < 4.78 is 11.9. The Morgan fingerprint density at radius 3 is 2.72 bits per heavy atom. The van der Waals surface area contributed by atoms with Crippen molar-refractivity contribution in [2.24, 2.45) is 0 Å². The molecule has 1 fully saturated rings. The van der Waals surface area contributed by atoms with Gasteiger partial charge in [-0.15, -0.1) is 0 Å². The molecule has 8 nitrogen and oxygen atoms in total. The molecule has 1 N–H and O–H groups in total. The van der Waals surface area contributed by atoms with Crippen LogP contribution in [0.1, 0.15) is 44.6 Å². The van der Waals surface area contributed by atoms with Crippen LogP contribution in [0.2, 0.25) is 18.1 Å². The molecule has 32 heavy (non-hydrogen) atoms. The molecule has 1 aliphatic rings. The number of nitrogens with zero attached hydrogens (tertiary/aromatic N) is 4. The summed E-state index contributed by atoms with van der Waals surface area (Å²) >= 11 is 0. The van der Waals surface area contributed by atoms with Crippen molar-refractivity contribution in [2.75, 3.05) is 26.7 Å². The fourth-order valence-corrected chi connectivity index (χ4v) is 5.15. The average molecular weight is 461 g/mol. The van der Waals surface area contributed by atoms with Gasteiger partial charge in [-0.3, -0.25) is 4.90 Å². The second-order valence-corrected chi connectivity index (χ2v) is 15.0. The minimum absolute atomic E-state index is 0.167. The van der Waals surface area contributed by atoms with E-state index in [2.05, 4.69) is 48.9 Å². The molecule has 0 bridgehead atoms. The van der Waals surface area contributed by atoms with E-state index in [1.165, 1.54) is 4.90 Å². The quantitative estimate of drug-likeness (QED) is 0.594. The fourth-order valence-electron chi connectivity index (χ4n) is 3.78. The molecular weight excluding hydrogens is 424 g/mol. The van der Waals surface area contributed by atoms with E-state index in [-0.39, 0.29) is 17.2 Å². The zero-order valence-corrected chi connectivity index (χ0v) is 21.3. The number of aryl methyl sites for hydroxylation is 1. The van der Waals surface area contributed by atoms with E-state index in [4.69, 9.17) is 8.95 Å². The molecule has 0 saturated carbocycles. The van der Waals surface area contributed by atoms with Crippen molar-refractivity contribution in [1.29, 1.82) is 0 Å². The van der Waals surface area contributed by atoms with Crippen molar-refractivity contribution in [2.45, 2.75) is 64.4 Å². The van der Waals surface area contributed by atoms with E-state index in [1.54, 1.807) is 14.0 Å². The van der Waals surface area contributed by atoms with Crippen LogP contribution in [0.4, 0.5) is 4.79 Å². The first-order valence-corrected chi connectivity index (χ1v) is 14.0. The normalized spacial score (nSPS) is 18.7. The molecule has 1 amide bonds. The first kappa shape index (κ1) is 24.4. The second-order valence-electron chi connectivity index (χ2n) is 10.2. The minimum atomic E-state index is -1.84. The lowest BCUT2D eigenvalue weighted by Crippen LogP contribution is -2.45. The summed E-state index contributed by atoms with van der Waals surface area (Å²) in [5.41, 5.74) is 1.68. The number of carbonyl (C=O) groups is 1. The predicted octanol–water partition coefficient (Wildman–Crippen LogP) is 4.79. The molecule has 2 heterocycles. The third-order valence-electron chi connectivity index (χ3n) is 6.74. The summed E-state index contributed by atoms with van der Waals surface area (Å²) in [6, 6.07) is 7.38. The maximum atomic E-state index is 11.9. The molecule has 1 aromatic carbocycles. The molecule has 2 aromatic rings. The van der Waals surface area contributed by atoms with E-state index < -0.39 is 14.4 Å². The highest BCUT2D eigenvalue weighted by molar-refractivity contribution is 6.74. The first-order valence-electron chi connectivity index (χ1n) is 11.1. The lowest BCUT2D eigenvalue weighted by Gasteiger charge is -2.38. The van der Waals surface area contributed by atoms with Crippen LogP contribution >= 0.6 is 0 Å². The van der Waals surface area contributed by atoms with Gasteiger partial charge in [-0.05, 0) is 49.2 Å². The molecule has 176 valence electrons. The van der Waals surface area contributed by atoms with Gasteiger partial charge in [-0.25, -0.2) is 4.79 Å². The second kappa shape index (κ2) is 9.33. The van der Waals surface area contributed by atoms with Gasteiger partial charge in [0.1, 0.15) is 0 Å². The van der Waals surface area contributed by atoms with Gasteiger partial charge in [0.05, 0.1) is 12.1 Å². The molecular formula is C23H36N4O4Si. The Hall–Kier alpha value is -2.23. The van der Waals surface area contributed by atoms with Crippen LogP contribution < -0.4 is 0 Å². The largest absolute Gasteiger partial charge is 0.465 e. The number of amides is 1. The summed E-state index contributed by atoms with van der Waals surface area (Å²) in [5.74, 6) is 1.000. The molecule has 0 unspecified atom stereocenters. The number of hydrogen-bond acceptors (Lipinski definition) is 6. The maximum absolute atomic E-state index is 11.9. The molecule has 0 aliphatic carbocycles. The molecule has 0 radical (unpaired) electrons. The predicted molar refractivity (Wildman–Crippen MR) is 126 cm³/mol. The van der Waals surface area contributed by atoms with Gasteiger partial charge in [-0.2, -0.15) is 4.98 Å². The number of rotatable bonds is 7. The molecule has 9 heteroatoms. The van der Waals surface area contributed by atoms with Gasteiger partial charge in [0.25, 0.3) is 5.89 Å². The number of carboxylic acid groups (broad SMARTS) is 1. The molecule has 1 saturated heterocycles. The van der Waals surface area contributed by atoms with E-state index in [0.29, 0.717) is 18.3 Å². The Morgan fingerprint density at radius 1 is 1.41 bits per heavy atom. The Kier molecular flexibility index (Phi) is 7.11. The summed E-state index contributed by atoms with van der Waals surface area (Å²) in [6.45, 7) is 15.4. The van der Waals surface area contributed by atoms with E-state index in [1.807, 2.05) is 24.3 Å². The zero-order chi connectivity index (χ0) is 23.7. The number of hydrogen-bond donors (Lipinski definition) is 1. The SMILES string of the molecule is Cc1noc(-c2cccc([C@@H](CN3CC[C@H](O[Si](C)(C)C(C)(C)C)C3)N(C)C(=O)O)c2)n1. The van der Waals surface area contributed by atoms with Crippen LogP contribution in [0.25, 0.3) is 11.5 Å². The van der Waals surface area contributed by atoms with Gasteiger partial charge < -0.3 is 19.0 Å². The average Bonchev–Trinajstić information content (AvgIpc) is 3.33. The van der Waals surface area contributed by atoms with Crippen molar-refractivity contribution in [3.05, 3.63) is 35.7 Å². The molecule has 1 aromatic heterocycles. The summed E-state index contributed by atoms with van der Waals surface area (Å²) in [6.07, 6.45) is 0.207. The van der Waals surface area contributed by atoms with E-state index in [9.17, 15) is 9.90 Å². The van der Waals surface area contributed by atoms with Crippen LogP contribution in [0.15, 0.2) is 28.8 Å². The van der Waals surface area contributed by atoms with Gasteiger partial charge in [0.2, 0.25) is 0 Å². The van der Waals surface area contributed by atoms with Crippen molar-refractivity contribution >= 4 is 14.4 Å². The number of aromatic nitrogens is 2. The monoisotopic (exact) mass is 460 g/mol. The van der Waals surface area contributed by atoms with Crippen LogP contribution in [0.3, 0.4) is 0 Å². The fraction of sp³-hybridized carbons (Fsp3) is 0.609. The number of benzene rings is 1. The van der Waals surface area contributed by atoms with Crippen molar-refractivity contribution in [3.63, 3.8) is 0 Å². The third kappa shape index (κ3) is 5.57. The molecule has 1 aliphatic heterocycles. The zero-order valence-electron chi connectivity index (χ0n) is 20.3. The molecule has 3 rings (SSSR count). The van der Waals surface area contributed by atoms with Crippen LogP contribution in [-0.2, 0) is 4.43 Å². The standard InChI is InChI=1S/C23H36N4O4Si/c1-16-24-21(30-25-16)18-10-8-9-17(13-18)20(26(5)22(28)29)15-27-12-11-19(14-27)31-32(6,7)23(2,3)4/h8-10,13,19-20H,11-12,14-15H2,1-7H3,(H,28,29)/t19-,20+/m0/s1. The highest BCUT2D eigenvalue weighted by Crippen LogP contribution is 2.38. The third-order valence-corrected chi connectivity index (χ3v) is 11.3. The Balaban J connectivity index is 1.76. The Morgan fingerprint density at radius 2 is 2.12 bits per heavy atom. The lowest BCUT2D eigenvalue weighted by molar-refractivity contribution is 0.121. The van der Waals surface area contributed by atoms with Gasteiger partial charge >= 0.3 is 6.09 Å². The van der Waals surface area contributed by atoms with Gasteiger partial charge in [0, 0.05) is 32.2 Å². The number of likely N-dealkylation sites (N-methyl/N-ethyl adjacent to an activating group) is 1. The summed E-state index contributed by atoms with van der Waals surface area (Å²) in [7, 11) is -0.219. The van der Waals surface area contributed by atoms with Crippen molar-refractivity contribution in [3.8, 4) is 11.5 Å². The Bertz CT molecular complexity index is 940. The first-order chi connectivity index (χ1) is 14.9. The lowest BCUT2D eigenvalue weighted by atomic mass is 10.0. The van der Waals surface area contributed by atoms with E-state index in [0.717, 1.165) is 30.6 Å². The highest BCUT2D eigenvalue weighted by atomic mass is 28.4. The Labute approximate surface area is 191 Å². The van der Waals surface area contributed by atoms with Crippen molar-refractivity contribution in [1.82, 2.24) is 19.9 Å². The summed E-state index contributed by atoms with van der Waals surface area (Å²) in [5, 5.41) is 13.7. The van der Waals surface area contributed by atoms with Crippen LogP contribution in [0.5, 0.6) is 0 Å². The minimum Gasteiger partial charge on any atom is -0.465 e. The maximum Gasteiger partial charge on any atom is 0.407 e. The smallest absolute Gasteiger partial charge is 0.407 e. The molecule has 2 atom stereocenters. The van der Waals surface area contributed by atoms with Crippen LogP contribution in [-0.4, -0.2) is 72.2 Å².